The Hall–Kier alpha value is -2.62. The van der Waals surface area contributed by atoms with E-state index in [1.54, 1.807) is 24.3 Å². The van der Waals surface area contributed by atoms with Gasteiger partial charge in [0.2, 0.25) is 0 Å². The third-order valence-corrected chi connectivity index (χ3v) is 2.17. The number of phenols is 1. The van der Waals surface area contributed by atoms with Crippen LogP contribution in [0.1, 0.15) is 15.9 Å². The highest BCUT2D eigenvalue weighted by atomic mass is 16.3. The second-order valence-electron chi connectivity index (χ2n) is 3.35. The second kappa shape index (κ2) is 6.85. The molecule has 0 aliphatic rings. The van der Waals surface area contributed by atoms with Gasteiger partial charge in [-0.2, -0.15) is 0 Å². The van der Waals surface area contributed by atoms with Crippen molar-refractivity contribution in [2.75, 3.05) is 0 Å². The zero-order valence-corrected chi connectivity index (χ0v) is 9.48. The molecule has 4 heteroatoms. The van der Waals surface area contributed by atoms with Crippen molar-refractivity contribution in [2.24, 2.45) is 0 Å². The highest BCUT2D eigenvalue weighted by Gasteiger charge is 2.07. The summed E-state index contributed by atoms with van der Waals surface area (Å²) in [5, 5.41) is 16.0. The zero-order valence-electron chi connectivity index (χ0n) is 9.48. The van der Waals surface area contributed by atoms with Gasteiger partial charge in [-0.25, -0.2) is 0 Å². The van der Waals surface area contributed by atoms with Gasteiger partial charge in [-0.1, -0.05) is 30.3 Å². The topological polar surface area (TPSA) is 74.6 Å². The lowest BCUT2D eigenvalue weighted by atomic mass is 10.0. The lowest BCUT2D eigenvalue weighted by Gasteiger charge is -2.00. The molecular weight excluding hydrogens is 232 g/mol. The Balaban J connectivity index is 0.000000492. The van der Waals surface area contributed by atoms with Crippen LogP contribution in [0.5, 0.6) is 5.75 Å². The van der Waals surface area contributed by atoms with Crippen LogP contribution in [-0.2, 0) is 4.79 Å². The average molecular weight is 244 g/mol. The molecule has 2 N–H and O–H groups in total. The minimum Gasteiger partial charge on any atom is -0.508 e. The lowest BCUT2D eigenvalue weighted by Crippen LogP contribution is -1.99. The van der Waals surface area contributed by atoms with Crippen LogP contribution in [0.15, 0.2) is 54.6 Å². The first-order valence-electron chi connectivity index (χ1n) is 5.15. The van der Waals surface area contributed by atoms with Gasteiger partial charge in [-0.15, -0.1) is 0 Å². The summed E-state index contributed by atoms with van der Waals surface area (Å²) >= 11 is 0. The number of carbonyl (C=O) groups is 2. The second-order valence-corrected chi connectivity index (χ2v) is 3.35. The summed E-state index contributed by atoms with van der Waals surface area (Å²) in [7, 11) is 0. The van der Waals surface area contributed by atoms with Gasteiger partial charge in [0.25, 0.3) is 6.47 Å². The SMILES string of the molecule is O=C(c1ccccc1)c1ccc(O)cc1.O=CO. The predicted molar refractivity (Wildman–Crippen MR) is 66.7 cm³/mol. The standard InChI is InChI=1S/C13H10O2.CH2O2/c14-12-8-6-11(7-9-12)13(15)10-4-2-1-3-5-10;2-1-3/h1-9,14H;1H,(H,2,3). The van der Waals surface area contributed by atoms with E-state index < -0.39 is 0 Å². The fraction of sp³-hybridized carbons (Fsp3) is 0. The summed E-state index contributed by atoms with van der Waals surface area (Å²) < 4.78 is 0. The van der Waals surface area contributed by atoms with E-state index in [-0.39, 0.29) is 18.0 Å². The number of carbonyl (C=O) groups excluding carboxylic acids is 1. The summed E-state index contributed by atoms with van der Waals surface area (Å²) in [5.74, 6) is 0.134. The van der Waals surface area contributed by atoms with Crippen LogP contribution in [0.3, 0.4) is 0 Å². The van der Waals surface area contributed by atoms with Crippen LogP contribution >= 0.6 is 0 Å². The van der Waals surface area contributed by atoms with E-state index in [4.69, 9.17) is 15.0 Å². The summed E-state index contributed by atoms with van der Waals surface area (Å²) in [6.45, 7) is -0.250. The molecule has 0 saturated heterocycles. The molecule has 0 fully saturated rings. The number of rotatable bonds is 2. The van der Waals surface area contributed by atoms with Gasteiger partial charge in [0, 0.05) is 11.1 Å². The van der Waals surface area contributed by atoms with Gasteiger partial charge >= 0.3 is 0 Å². The van der Waals surface area contributed by atoms with Crippen molar-refractivity contribution < 1.29 is 19.8 Å². The Morgan fingerprint density at radius 1 is 0.889 bits per heavy atom. The van der Waals surface area contributed by atoms with Crippen molar-refractivity contribution in [3.05, 3.63) is 65.7 Å². The molecule has 0 radical (unpaired) electrons. The van der Waals surface area contributed by atoms with Gasteiger partial charge in [-0.05, 0) is 24.3 Å². The molecule has 2 aromatic rings. The Labute approximate surface area is 104 Å². The van der Waals surface area contributed by atoms with E-state index in [1.807, 2.05) is 18.2 Å². The molecule has 18 heavy (non-hydrogen) atoms. The van der Waals surface area contributed by atoms with Crippen molar-refractivity contribution >= 4 is 12.3 Å². The normalized spacial score (nSPS) is 8.89. The first-order valence-corrected chi connectivity index (χ1v) is 5.15. The smallest absolute Gasteiger partial charge is 0.290 e. The largest absolute Gasteiger partial charge is 0.508 e. The van der Waals surface area contributed by atoms with Gasteiger partial charge in [0.15, 0.2) is 5.78 Å². The summed E-state index contributed by atoms with van der Waals surface area (Å²) in [4.78, 5) is 20.2. The maximum absolute atomic E-state index is 11.9. The van der Waals surface area contributed by atoms with Crippen LogP contribution in [0.25, 0.3) is 0 Å². The third-order valence-electron chi connectivity index (χ3n) is 2.17. The number of carboxylic acid groups (broad SMARTS) is 1. The number of aromatic hydroxyl groups is 1. The van der Waals surface area contributed by atoms with Crippen molar-refractivity contribution in [3.8, 4) is 5.75 Å². The molecule has 0 atom stereocenters. The zero-order chi connectivity index (χ0) is 13.4. The molecule has 4 nitrogen and oxygen atoms in total. The molecule has 2 rings (SSSR count). The van der Waals surface area contributed by atoms with Crippen molar-refractivity contribution in [3.63, 3.8) is 0 Å². The van der Waals surface area contributed by atoms with Crippen molar-refractivity contribution in [1.82, 2.24) is 0 Å². The quantitative estimate of drug-likeness (QED) is 0.628. The van der Waals surface area contributed by atoms with Crippen LogP contribution in [-0.4, -0.2) is 22.5 Å². The first-order chi connectivity index (χ1) is 8.69. The molecule has 2 aromatic carbocycles. The van der Waals surface area contributed by atoms with Crippen molar-refractivity contribution in [2.45, 2.75) is 0 Å². The molecule has 0 aromatic heterocycles. The molecule has 0 aliphatic heterocycles. The number of ketones is 1. The number of benzene rings is 2. The van der Waals surface area contributed by atoms with Crippen LogP contribution in [0.4, 0.5) is 0 Å². The van der Waals surface area contributed by atoms with E-state index in [0.29, 0.717) is 11.1 Å². The Bertz CT molecular complexity index is 503. The lowest BCUT2D eigenvalue weighted by molar-refractivity contribution is -0.122. The molecule has 0 amide bonds. The highest BCUT2D eigenvalue weighted by Crippen LogP contribution is 2.13. The van der Waals surface area contributed by atoms with E-state index in [9.17, 15) is 4.79 Å². The van der Waals surface area contributed by atoms with E-state index in [1.165, 1.54) is 12.1 Å². The highest BCUT2D eigenvalue weighted by molar-refractivity contribution is 6.08. The average Bonchev–Trinajstić information content (AvgIpc) is 2.41. The minimum absolute atomic E-state index is 0.0319. The molecular formula is C14H12O4. The van der Waals surface area contributed by atoms with Gasteiger partial charge in [0.1, 0.15) is 5.75 Å². The van der Waals surface area contributed by atoms with Crippen LogP contribution < -0.4 is 0 Å². The first kappa shape index (κ1) is 13.4. The number of phenolic OH excluding ortho intramolecular Hbond substituents is 1. The van der Waals surface area contributed by atoms with Gasteiger partial charge in [0.05, 0.1) is 0 Å². The molecule has 0 heterocycles. The number of hydrogen-bond acceptors (Lipinski definition) is 3. The Morgan fingerprint density at radius 2 is 1.33 bits per heavy atom. The third kappa shape index (κ3) is 3.75. The molecule has 92 valence electrons. The molecule has 0 unspecified atom stereocenters. The maximum Gasteiger partial charge on any atom is 0.290 e. The Morgan fingerprint density at radius 3 is 1.83 bits per heavy atom. The van der Waals surface area contributed by atoms with Gasteiger partial charge in [-0.3, -0.25) is 9.59 Å². The van der Waals surface area contributed by atoms with Crippen LogP contribution in [0.2, 0.25) is 0 Å². The van der Waals surface area contributed by atoms with E-state index in [2.05, 4.69) is 0 Å². The maximum atomic E-state index is 11.9. The molecule has 0 spiro atoms. The van der Waals surface area contributed by atoms with E-state index >= 15 is 0 Å². The summed E-state index contributed by atoms with van der Waals surface area (Å²) in [6.07, 6.45) is 0. The molecule has 0 saturated carbocycles. The Kier molecular flexibility index (Phi) is 5.12. The summed E-state index contributed by atoms with van der Waals surface area (Å²) in [6, 6.07) is 15.3. The summed E-state index contributed by atoms with van der Waals surface area (Å²) in [5.41, 5.74) is 1.24. The molecule has 0 aliphatic carbocycles. The van der Waals surface area contributed by atoms with Crippen LogP contribution in [0, 0.1) is 0 Å². The fourth-order valence-corrected chi connectivity index (χ4v) is 1.37. The predicted octanol–water partition coefficient (Wildman–Crippen LogP) is 2.32. The monoisotopic (exact) mass is 244 g/mol. The van der Waals surface area contributed by atoms with E-state index in [0.717, 1.165) is 0 Å². The fourth-order valence-electron chi connectivity index (χ4n) is 1.37. The molecule has 0 bridgehead atoms. The minimum atomic E-state index is -0.250. The number of hydrogen-bond donors (Lipinski definition) is 2. The van der Waals surface area contributed by atoms with Gasteiger partial charge < -0.3 is 10.2 Å². The van der Waals surface area contributed by atoms with Crippen molar-refractivity contribution in [1.29, 1.82) is 0 Å².